The van der Waals surface area contributed by atoms with Gasteiger partial charge in [-0.3, -0.25) is 9.59 Å². The summed E-state index contributed by atoms with van der Waals surface area (Å²) in [5.41, 5.74) is 0. The molecule has 4 heteroatoms. The van der Waals surface area contributed by atoms with Crippen molar-refractivity contribution in [3.8, 4) is 0 Å². The second-order valence-electron chi connectivity index (χ2n) is 4.43. The summed E-state index contributed by atoms with van der Waals surface area (Å²) in [4.78, 5) is 21.6. The maximum absolute atomic E-state index is 11.3. The molecule has 0 spiro atoms. The zero-order chi connectivity index (χ0) is 11.3. The van der Waals surface area contributed by atoms with Gasteiger partial charge < -0.3 is 10.4 Å². The van der Waals surface area contributed by atoms with Crippen LogP contribution in [0.4, 0.5) is 0 Å². The van der Waals surface area contributed by atoms with Gasteiger partial charge in [-0.1, -0.05) is 19.8 Å². The SMILES string of the molecule is CC1CCCC(NC(=O)CCC(=O)O)C1. The standard InChI is InChI=1S/C11H19NO3/c1-8-3-2-4-9(7-8)12-10(13)5-6-11(14)15/h8-9H,2-7H2,1H3,(H,12,13)(H,14,15). The molecule has 0 radical (unpaired) electrons. The lowest BCUT2D eigenvalue weighted by Crippen LogP contribution is -2.38. The molecule has 1 saturated carbocycles. The van der Waals surface area contributed by atoms with Crippen molar-refractivity contribution in [2.45, 2.75) is 51.5 Å². The van der Waals surface area contributed by atoms with Gasteiger partial charge >= 0.3 is 5.97 Å². The molecule has 0 bridgehead atoms. The predicted octanol–water partition coefficient (Wildman–Crippen LogP) is 1.55. The molecule has 0 heterocycles. The fourth-order valence-corrected chi connectivity index (χ4v) is 2.09. The minimum atomic E-state index is -0.915. The molecule has 0 aromatic carbocycles. The number of carboxylic acid groups (broad SMARTS) is 1. The van der Waals surface area contributed by atoms with E-state index in [1.54, 1.807) is 0 Å². The van der Waals surface area contributed by atoms with Crippen LogP contribution < -0.4 is 5.32 Å². The Labute approximate surface area is 90.0 Å². The van der Waals surface area contributed by atoms with Crippen LogP contribution in [-0.2, 0) is 9.59 Å². The van der Waals surface area contributed by atoms with Crippen molar-refractivity contribution in [3.63, 3.8) is 0 Å². The van der Waals surface area contributed by atoms with Gasteiger partial charge in [0.2, 0.25) is 5.91 Å². The van der Waals surface area contributed by atoms with E-state index in [-0.39, 0.29) is 24.8 Å². The molecule has 4 nitrogen and oxygen atoms in total. The smallest absolute Gasteiger partial charge is 0.303 e. The number of aliphatic carboxylic acids is 1. The summed E-state index contributed by atoms with van der Waals surface area (Å²) < 4.78 is 0. The van der Waals surface area contributed by atoms with Crippen LogP contribution in [0.5, 0.6) is 0 Å². The van der Waals surface area contributed by atoms with Gasteiger partial charge in [-0.05, 0) is 18.8 Å². The maximum Gasteiger partial charge on any atom is 0.303 e. The van der Waals surface area contributed by atoms with Gasteiger partial charge in [0.15, 0.2) is 0 Å². The van der Waals surface area contributed by atoms with Crippen LogP contribution in [0.2, 0.25) is 0 Å². The van der Waals surface area contributed by atoms with Crippen molar-refractivity contribution >= 4 is 11.9 Å². The Balaban J connectivity index is 2.22. The van der Waals surface area contributed by atoms with Gasteiger partial charge in [-0.15, -0.1) is 0 Å². The molecule has 2 unspecified atom stereocenters. The molecule has 86 valence electrons. The van der Waals surface area contributed by atoms with E-state index >= 15 is 0 Å². The number of nitrogens with one attached hydrogen (secondary N) is 1. The van der Waals surface area contributed by atoms with Crippen molar-refractivity contribution < 1.29 is 14.7 Å². The zero-order valence-corrected chi connectivity index (χ0v) is 9.16. The third kappa shape index (κ3) is 4.81. The lowest BCUT2D eigenvalue weighted by Gasteiger charge is -2.27. The van der Waals surface area contributed by atoms with Crippen molar-refractivity contribution in [1.82, 2.24) is 5.32 Å². The highest BCUT2D eigenvalue weighted by molar-refractivity contribution is 5.80. The van der Waals surface area contributed by atoms with E-state index in [0.717, 1.165) is 19.3 Å². The number of hydrogen-bond donors (Lipinski definition) is 2. The molecule has 0 aromatic rings. The Morgan fingerprint density at radius 3 is 2.67 bits per heavy atom. The number of carbonyl (C=O) groups excluding carboxylic acids is 1. The first-order valence-electron chi connectivity index (χ1n) is 5.59. The van der Waals surface area contributed by atoms with Gasteiger partial charge in [0.05, 0.1) is 6.42 Å². The van der Waals surface area contributed by atoms with Crippen LogP contribution in [0, 0.1) is 5.92 Å². The Kier molecular flexibility index (Phi) is 4.59. The third-order valence-electron chi connectivity index (χ3n) is 2.87. The zero-order valence-electron chi connectivity index (χ0n) is 9.16. The lowest BCUT2D eigenvalue weighted by atomic mass is 9.87. The summed E-state index contributed by atoms with van der Waals surface area (Å²) in [7, 11) is 0. The quantitative estimate of drug-likeness (QED) is 0.744. The Bertz CT molecular complexity index is 240. The minimum absolute atomic E-state index is 0.0753. The minimum Gasteiger partial charge on any atom is -0.481 e. The van der Waals surface area contributed by atoms with Crippen molar-refractivity contribution in [1.29, 1.82) is 0 Å². The molecule has 1 amide bonds. The lowest BCUT2D eigenvalue weighted by molar-refractivity contribution is -0.139. The van der Waals surface area contributed by atoms with Crippen molar-refractivity contribution in [3.05, 3.63) is 0 Å². The van der Waals surface area contributed by atoms with E-state index in [1.165, 1.54) is 6.42 Å². The Morgan fingerprint density at radius 2 is 2.07 bits per heavy atom. The molecule has 1 aliphatic rings. The van der Waals surface area contributed by atoms with Gasteiger partial charge in [-0.25, -0.2) is 0 Å². The van der Waals surface area contributed by atoms with E-state index in [2.05, 4.69) is 12.2 Å². The summed E-state index contributed by atoms with van der Waals surface area (Å²) in [6.45, 7) is 2.19. The summed E-state index contributed by atoms with van der Waals surface area (Å²) in [6, 6.07) is 0.259. The Hall–Kier alpha value is -1.06. The van der Waals surface area contributed by atoms with Crippen LogP contribution in [0.25, 0.3) is 0 Å². The molecule has 15 heavy (non-hydrogen) atoms. The Morgan fingerprint density at radius 1 is 1.33 bits per heavy atom. The highest BCUT2D eigenvalue weighted by atomic mass is 16.4. The van der Waals surface area contributed by atoms with Gasteiger partial charge in [0, 0.05) is 12.5 Å². The summed E-state index contributed by atoms with van der Waals surface area (Å²) >= 11 is 0. The second kappa shape index (κ2) is 5.73. The fraction of sp³-hybridized carbons (Fsp3) is 0.818. The van der Waals surface area contributed by atoms with E-state index in [1.807, 2.05) is 0 Å². The predicted molar refractivity (Wildman–Crippen MR) is 56.4 cm³/mol. The van der Waals surface area contributed by atoms with E-state index in [9.17, 15) is 9.59 Å². The van der Waals surface area contributed by atoms with Gasteiger partial charge in [0.25, 0.3) is 0 Å². The summed E-state index contributed by atoms with van der Waals surface area (Å²) in [5, 5.41) is 11.3. The molecule has 2 atom stereocenters. The number of rotatable bonds is 4. The van der Waals surface area contributed by atoms with E-state index in [4.69, 9.17) is 5.11 Å². The van der Waals surface area contributed by atoms with E-state index in [0.29, 0.717) is 5.92 Å². The topological polar surface area (TPSA) is 66.4 Å². The molecular formula is C11H19NO3. The fourth-order valence-electron chi connectivity index (χ4n) is 2.09. The molecule has 0 aliphatic heterocycles. The largest absolute Gasteiger partial charge is 0.481 e. The second-order valence-corrected chi connectivity index (χ2v) is 4.43. The van der Waals surface area contributed by atoms with Gasteiger partial charge in [0.1, 0.15) is 0 Å². The average Bonchev–Trinajstić information content (AvgIpc) is 2.15. The monoisotopic (exact) mass is 213 g/mol. The molecule has 1 aliphatic carbocycles. The first-order valence-corrected chi connectivity index (χ1v) is 5.59. The summed E-state index contributed by atoms with van der Waals surface area (Å²) in [5.74, 6) is -0.373. The molecular weight excluding hydrogens is 194 g/mol. The number of hydrogen-bond acceptors (Lipinski definition) is 2. The number of amides is 1. The molecule has 2 N–H and O–H groups in total. The number of carbonyl (C=O) groups is 2. The van der Waals surface area contributed by atoms with E-state index < -0.39 is 5.97 Å². The molecule has 0 aromatic heterocycles. The number of carboxylic acids is 1. The molecule has 1 fully saturated rings. The average molecular weight is 213 g/mol. The van der Waals surface area contributed by atoms with Crippen LogP contribution in [-0.4, -0.2) is 23.0 Å². The highest BCUT2D eigenvalue weighted by Crippen LogP contribution is 2.23. The van der Waals surface area contributed by atoms with Crippen LogP contribution in [0.15, 0.2) is 0 Å². The van der Waals surface area contributed by atoms with Crippen LogP contribution in [0.1, 0.15) is 45.4 Å². The summed E-state index contributed by atoms with van der Waals surface area (Å²) in [6.07, 6.45) is 4.48. The first kappa shape index (κ1) is 12.0. The van der Waals surface area contributed by atoms with Crippen molar-refractivity contribution in [2.75, 3.05) is 0 Å². The maximum atomic E-state index is 11.3. The highest BCUT2D eigenvalue weighted by Gasteiger charge is 2.20. The van der Waals surface area contributed by atoms with Crippen LogP contribution in [0.3, 0.4) is 0 Å². The first-order chi connectivity index (χ1) is 7.08. The van der Waals surface area contributed by atoms with Crippen molar-refractivity contribution in [2.24, 2.45) is 5.92 Å². The molecule has 0 saturated heterocycles. The molecule has 1 rings (SSSR count). The normalized spacial score (nSPS) is 25.9. The van der Waals surface area contributed by atoms with Gasteiger partial charge in [-0.2, -0.15) is 0 Å². The third-order valence-corrected chi connectivity index (χ3v) is 2.87. The van der Waals surface area contributed by atoms with Crippen LogP contribution >= 0.6 is 0 Å².